The molecule has 3 heterocycles. The molecule has 1 saturated heterocycles. The molecule has 0 radical (unpaired) electrons. The van der Waals surface area contributed by atoms with Gasteiger partial charge in [0.25, 0.3) is 11.8 Å². The van der Waals surface area contributed by atoms with Crippen molar-refractivity contribution in [3.8, 4) is 0 Å². The van der Waals surface area contributed by atoms with E-state index in [1.807, 2.05) is 22.6 Å². The van der Waals surface area contributed by atoms with Gasteiger partial charge in [-0.1, -0.05) is 13.8 Å². The number of hydrogen-bond acceptors (Lipinski definition) is 5. The molecule has 0 aliphatic carbocycles. The predicted molar refractivity (Wildman–Crippen MR) is 132 cm³/mol. The van der Waals surface area contributed by atoms with Crippen molar-refractivity contribution in [3.05, 3.63) is 43.6 Å². The lowest BCUT2D eigenvalue weighted by molar-refractivity contribution is 0.0503. The Hall–Kier alpha value is -1.72. The van der Waals surface area contributed by atoms with Crippen LogP contribution in [0.5, 0.6) is 0 Å². The smallest absolute Gasteiger partial charge is 0.261 e. The van der Waals surface area contributed by atoms with Crippen molar-refractivity contribution in [1.29, 1.82) is 0 Å². The van der Waals surface area contributed by atoms with E-state index >= 15 is 0 Å². The number of aliphatic hydroxyl groups is 1. The standard InChI is InChI=1S/C23H27FIN3O3S/c1-23(2)10-15-18(22(31)28-8-4-3-5-14(28)11-29)21(32-19(15)20(30)26-12-23)27-17-7-6-13(25)9-16(17)24/h6-7,9,14,27,29H,3-5,8,10-12H2,1-2H3,(H,26,30). The van der Waals surface area contributed by atoms with Gasteiger partial charge in [-0.25, -0.2) is 4.39 Å². The number of nitrogens with one attached hydrogen (secondary N) is 2. The second-order valence-electron chi connectivity index (χ2n) is 9.22. The lowest BCUT2D eigenvalue weighted by atomic mass is 9.85. The minimum Gasteiger partial charge on any atom is -0.394 e. The molecule has 1 fully saturated rings. The molecule has 3 N–H and O–H groups in total. The number of piperidine rings is 1. The molecule has 1 aromatic heterocycles. The Morgan fingerprint density at radius 3 is 2.91 bits per heavy atom. The van der Waals surface area contributed by atoms with Gasteiger partial charge in [0, 0.05) is 16.7 Å². The lowest BCUT2D eigenvalue weighted by Gasteiger charge is -2.35. The summed E-state index contributed by atoms with van der Waals surface area (Å²) in [5, 5.41) is 16.4. The van der Waals surface area contributed by atoms with Crippen molar-refractivity contribution in [2.75, 3.05) is 25.0 Å². The first kappa shape index (κ1) is 23.4. The highest BCUT2D eigenvalue weighted by molar-refractivity contribution is 14.1. The molecule has 2 aromatic rings. The van der Waals surface area contributed by atoms with E-state index in [0.717, 1.165) is 22.8 Å². The van der Waals surface area contributed by atoms with Crippen molar-refractivity contribution in [2.45, 2.75) is 45.6 Å². The van der Waals surface area contributed by atoms with Gasteiger partial charge in [-0.15, -0.1) is 11.3 Å². The summed E-state index contributed by atoms with van der Waals surface area (Å²) in [7, 11) is 0. The third-order valence-electron chi connectivity index (χ3n) is 6.09. The van der Waals surface area contributed by atoms with Gasteiger partial charge in [-0.2, -0.15) is 0 Å². The normalized spacial score (nSPS) is 20.3. The molecule has 2 aliphatic rings. The number of amides is 2. The summed E-state index contributed by atoms with van der Waals surface area (Å²) in [6.07, 6.45) is 3.13. The number of likely N-dealkylation sites (tertiary alicyclic amines) is 1. The summed E-state index contributed by atoms with van der Waals surface area (Å²) in [5.74, 6) is -0.840. The summed E-state index contributed by atoms with van der Waals surface area (Å²) in [6, 6.07) is 4.60. The Balaban J connectivity index is 1.83. The highest BCUT2D eigenvalue weighted by atomic mass is 127. The number of nitrogens with zero attached hydrogens (tertiary/aromatic N) is 1. The van der Waals surface area contributed by atoms with Gasteiger partial charge >= 0.3 is 0 Å². The van der Waals surface area contributed by atoms with Crippen LogP contribution in [0.1, 0.15) is 58.7 Å². The van der Waals surface area contributed by atoms with Gasteiger partial charge in [0.2, 0.25) is 0 Å². The van der Waals surface area contributed by atoms with Crippen molar-refractivity contribution in [1.82, 2.24) is 10.2 Å². The van der Waals surface area contributed by atoms with Crippen molar-refractivity contribution < 1.29 is 19.1 Å². The molecule has 1 atom stereocenters. The minimum atomic E-state index is -0.421. The zero-order chi connectivity index (χ0) is 23.0. The number of carbonyl (C=O) groups is 2. The first-order valence-corrected chi connectivity index (χ1v) is 12.7. The maximum atomic E-state index is 14.6. The van der Waals surface area contributed by atoms with E-state index < -0.39 is 5.82 Å². The summed E-state index contributed by atoms with van der Waals surface area (Å²) >= 11 is 3.24. The maximum Gasteiger partial charge on any atom is 0.261 e. The first-order valence-electron chi connectivity index (χ1n) is 10.8. The Labute approximate surface area is 204 Å². The quantitative estimate of drug-likeness (QED) is 0.471. The molecule has 9 heteroatoms. The molecule has 4 rings (SSSR count). The monoisotopic (exact) mass is 571 g/mol. The van der Waals surface area contributed by atoms with Crippen LogP contribution in [0.25, 0.3) is 0 Å². The van der Waals surface area contributed by atoms with E-state index in [0.29, 0.717) is 40.5 Å². The highest BCUT2D eigenvalue weighted by Gasteiger charge is 2.37. The largest absolute Gasteiger partial charge is 0.394 e. The zero-order valence-electron chi connectivity index (χ0n) is 18.1. The fourth-order valence-corrected chi connectivity index (χ4v) is 5.98. The van der Waals surface area contributed by atoms with Crippen molar-refractivity contribution in [2.24, 2.45) is 5.41 Å². The van der Waals surface area contributed by atoms with Gasteiger partial charge in [0.1, 0.15) is 10.8 Å². The SMILES string of the molecule is CC1(C)CNC(=O)c2sc(Nc3ccc(I)cc3F)c(C(=O)N3CCCCC3CO)c2C1. The van der Waals surface area contributed by atoms with Gasteiger partial charge in [0.15, 0.2) is 0 Å². The van der Waals surface area contributed by atoms with Crippen LogP contribution in [0, 0.1) is 14.8 Å². The Bertz CT molecular complexity index is 1060. The fraction of sp³-hybridized carbons (Fsp3) is 0.478. The average Bonchev–Trinajstić information content (AvgIpc) is 3.05. The maximum absolute atomic E-state index is 14.6. The van der Waals surface area contributed by atoms with E-state index in [4.69, 9.17) is 0 Å². The summed E-state index contributed by atoms with van der Waals surface area (Å²) in [4.78, 5) is 28.9. The number of fused-ring (bicyclic) bond motifs is 1. The van der Waals surface area contributed by atoms with Gasteiger partial charge in [0.05, 0.1) is 28.8 Å². The molecule has 0 spiro atoms. The lowest BCUT2D eigenvalue weighted by Crippen LogP contribution is -2.46. The van der Waals surface area contributed by atoms with Crippen LogP contribution in [0.15, 0.2) is 18.2 Å². The summed E-state index contributed by atoms with van der Waals surface area (Å²) in [5.41, 5.74) is 1.15. The Kier molecular flexibility index (Phi) is 6.78. The van der Waals surface area contributed by atoms with Crippen LogP contribution in [0.4, 0.5) is 15.1 Å². The number of aliphatic hydroxyl groups excluding tert-OH is 1. The van der Waals surface area contributed by atoms with Crippen LogP contribution in [-0.2, 0) is 6.42 Å². The van der Waals surface area contributed by atoms with E-state index in [9.17, 15) is 19.1 Å². The van der Waals surface area contributed by atoms with E-state index in [1.165, 1.54) is 17.4 Å². The van der Waals surface area contributed by atoms with E-state index in [2.05, 4.69) is 24.5 Å². The number of rotatable bonds is 4. The van der Waals surface area contributed by atoms with Gasteiger partial charge < -0.3 is 20.6 Å². The fourth-order valence-electron chi connectivity index (χ4n) is 4.39. The van der Waals surface area contributed by atoms with E-state index in [1.54, 1.807) is 17.0 Å². The zero-order valence-corrected chi connectivity index (χ0v) is 21.1. The topological polar surface area (TPSA) is 81.7 Å². The van der Waals surface area contributed by atoms with Gasteiger partial charge in [-0.05, 0) is 77.5 Å². The van der Waals surface area contributed by atoms with Crippen molar-refractivity contribution >= 4 is 56.4 Å². The minimum absolute atomic E-state index is 0.0987. The van der Waals surface area contributed by atoms with Crippen molar-refractivity contribution in [3.63, 3.8) is 0 Å². The molecule has 2 aliphatic heterocycles. The number of benzene rings is 1. The molecule has 172 valence electrons. The predicted octanol–water partition coefficient (Wildman–Crippen LogP) is 4.53. The summed E-state index contributed by atoms with van der Waals surface area (Å²) < 4.78 is 15.4. The van der Waals surface area contributed by atoms with Crippen LogP contribution in [0.3, 0.4) is 0 Å². The third-order valence-corrected chi connectivity index (χ3v) is 7.91. The highest BCUT2D eigenvalue weighted by Crippen LogP contribution is 2.41. The summed E-state index contributed by atoms with van der Waals surface area (Å²) in [6.45, 7) is 5.08. The number of anilines is 2. The molecular formula is C23H27FIN3O3S. The average molecular weight is 571 g/mol. The Morgan fingerprint density at radius 1 is 1.41 bits per heavy atom. The number of carbonyl (C=O) groups excluding carboxylic acids is 2. The van der Waals surface area contributed by atoms with Gasteiger partial charge in [-0.3, -0.25) is 9.59 Å². The van der Waals surface area contributed by atoms with Crippen LogP contribution >= 0.6 is 33.9 Å². The second kappa shape index (κ2) is 9.26. The second-order valence-corrected chi connectivity index (χ2v) is 11.5. The van der Waals surface area contributed by atoms with Crippen LogP contribution in [0.2, 0.25) is 0 Å². The number of thiophene rings is 1. The Morgan fingerprint density at radius 2 is 2.19 bits per heavy atom. The molecular weight excluding hydrogens is 544 g/mol. The molecule has 32 heavy (non-hydrogen) atoms. The molecule has 6 nitrogen and oxygen atoms in total. The first-order chi connectivity index (χ1) is 15.2. The molecule has 2 amide bonds. The molecule has 0 bridgehead atoms. The molecule has 1 unspecified atom stereocenters. The van der Waals surface area contributed by atoms with E-state index in [-0.39, 0.29) is 35.6 Å². The number of halogens is 2. The molecule has 0 saturated carbocycles. The number of hydrogen-bond donors (Lipinski definition) is 3. The van der Waals surface area contributed by atoms with Crippen LogP contribution in [-0.4, -0.2) is 47.6 Å². The third kappa shape index (κ3) is 4.65. The van der Waals surface area contributed by atoms with Crippen LogP contribution < -0.4 is 10.6 Å². The molecule has 1 aromatic carbocycles.